The van der Waals surface area contributed by atoms with Crippen LogP contribution in [-0.2, 0) is 11.3 Å². The van der Waals surface area contributed by atoms with Gasteiger partial charge in [-0.1, -0.05) is 35.9 Å². The van der Waals surface area contributed by atoms with E-state index in [4.69, 9.17) is 16.3 Å². The summed E-state index contributed by atoms with van der Waals surface area (Å²) < 4.78 is 19.9. The van der Waals surface area contributed by atoms with E-state index in [2.05, 4.69) is 10.1 Å². The molecule has 0 unspecified atom stereocenters. The molecule has 28 heavy (non-hydrogen) atoms. The van der Waals surface area contributed by atoms with Crippen molar-refractivity contribution in [1.82, 2.24) is 14.8 Å². The third-order valence-corrected chi connectivity index (χ3v) is 4.64. The summed E-state index contributed by atoms with van der Waals surface area (Å²) in [6.07, 6.45) is 0. The maximum atomic E-state index is 13.1. The van der Waals surface area contributed by atoms with E-state index in [0.717, 1.165) is 10.9 Å². The van der Waals surface area contributed by atoms with Crippen LogP contribution in [0.25, 0.3) is 16.6 Å². The molecule has 0 atom stereocenters. The van der Waals surface area contributed by atoms with Crippen molar-refractivity contribution in [3.63, 3.8) is 0 Å². The molecule has 2 heterocycles. The maximum Gasteiger partial charge on any atom is 0.343 e. The standard InChI is InChI=1S/C21H15ClFN3O2/c1-13-19(20(22)26(25-13)17-10-7-15(23)8-11-17)21(27)28-12-16-9-6-14-4-2-3-5-18(14)24-16/h2-11H,12H2,1H3. The minimum absolute atomic E-state index is 0.0150. The lowest BCUT2D eigenvalue weighted by Crippen LogP contribution is -2.07. The quantitative estimate of drug-likeness (QED) is 0.462. The van der Waals surface area contributed by atoms with E-state index in [1.165, 1.54) is 28.9 Å². The molecule has 0 aliphatic rings. The van der Waals surface area contributed by atoms with Gasteiger partial charge in [-0.15, -0.1) is 0 Å². The van der Waals surface area contributed by atoms with E-state index >= 15 is 0 Å². The summed E-state index contributed by atoms with van der Waals surface area (Å²) in [5.41, 5.74) is 2.60. The molecule has 0 fully saturated rings. The molecule has 140 valence electrons. The Morgan fingerprint density at radius 3 is 2.64 bits per heavy atom. The van der Waals surface area contributed by atoms with Crippen LogP contribution in [0.3, 0.4) is 0 Å². The van der Waals surface area contributed by atoms with Crippen LogP contribution in [0.4, 0.5) is 4.39 Å². The van der Waals surface area contributed by atoms with E-state index in [1.54, 1.807) is 6.92 Å². The largest absolute Gasteiger partial charge is 0.455 e. The van der Waals surface area contributed by atoms with Crippen molar-refractivity contribution in [3.8, 4) is 5.69 Å². The Balaban J connectivity index is 1.55. The highest BCUT2D eigenvalue weighted by molar-refractivity contribution is 6.33. The average molecular weight is 396 g/mol. The first kappa shape index (κ1) is 18.1. The lowest BCUT2D eigenvalue weighted by atomic mass is 10.2. The molecule has 4 aromatic rings. The predicted molar refractivity (Wildman–Crippen MR) is 104 cm³/mol. The Kier molecular flexibility index (Phi) is 4.79. The minimum Gasteiger partial charge on any atom is -0.455 e. The molecule has 0 saturated carbocycles. The number of nitrogens with zero attached hydrogens (tertiary/aromatic N) is 3. The van der Waals surface area contributed by atoms with Gasteiger partial charge in [-0.3, -0.25) is 0 Å². The lowest BCUT2D eigenvalue weighted by molar-refractivity contribution is 0.0467. The molecule has 0 radical (unpaired) electrons. The molecular formula is C21H15ClFN3O2. The fraction of sp³-hybridized carbons (Fsp3) is 0.0952. The highest BCUT2D eigenvalue weighted by atomic mass is 35.5. The summed E-state index contributed by atoms with van der Waals surface area (Å²) in [6.45, 7) is 1.68. The normalized spacial score (nSPS) is 11.0. The number of aromatic nitrogens is 3. The molecule has 0 bridgehead atoms. The van der Waals surface area contributed by atoms with Gasteiger partial charge in [0, 0.05) is 5.39 Å². The number of hydrogen-bond donors (Lipinski definition) is 0. The number of halogens is 2. The second kappa shape index (κ2) is 7.40. The summed E-state index contributed by atoms with van der Waals surface area (Å²) in [5, 5.41) is 5.40. The smallest absolute Gasteiger partial charge is 0.343 e. The zero-order valence-corrected chi connectivity index (χ0v) is 15.7. The van der Waals surface area contributed by atoms with Crippen molar-refractivity contribution in [2.45, 2.75) is 13.5 Å². The van der Waals surface area contributed by atoms with E-state index in [-0.39, 0.29) is 23.1 Å². The third-order valence-electron chi connectivity index (χ3n) is 4.29. The lowest BCUT2D eigenvalue weighted by Gasteiger charge is -2.06. The van der Waals surface area contributed by atoms with Crippen LogP contribution >= 0.6 is 11.6 Å². The second-order valence-electron chi connectivity index (χ2n) is 6.21. The molecule has 0 saturated heterocycles. The summed E-state index contributed by atoms with van der Waals surface area (Å²) in [4.78, 5) is 17.1. The van der Waals surface area contributed by atoms with Crippen molar-refractivity contribution >= 4 is 28.5 Å². The predicted octanol–water partition coefficient (Wildman–Crippen LogP) is 4.88. The zero-order valence-electron chi connectivity index (χ0n) is 14.9. The number of pyridine rings is 1. The Bertz CT molecular complexity index is 1170. The van der Waals surface area contributed by atoms with Crippen LogP contribution in [0.15, 0.2) is 60.7 Å². The van der Waals surface area contributed by atoms with Crippen LogP contribution in [0.1, 0.15) is 21.7 Å². The number of rotatable bonds is 4. The highest BCUT2D eigenvalue weighted by Crippen LogP contribution is 2.25. The molecule has 2 aromatic heterocycles. The number of fused-ring (bicyclic) bond motifs is 1. The highest BCUT2D eigenvalue weighted by Gasteiger charge is 2.22. The number of ether oxygens (including phenoxy) is 1. The first-order valence-corrected chi connectivity index (χ1v) is 8.93. The van der Waals surface area contributed by atoms with Crippen LogP contribution in [0, 0.1) is 12.7 Å². The van der Waals surface area contributed by atoms with E-state index in [0.29, 0.717) is 17.1 Å². The number of benzene rings is 2. The summed E-state index contributed by atoms with van der Waals surface area (Å²) >= 11 is 6.35. The molecule has 5 nitrogen and oxygen atoms in total. The van der Waals surface area contributed by atoms with Gasteiger partial charge >= 0.3 is 5.97 Å². The van der Waals surface area contributed by atoms with Gasteiger partial charge in [0.05, 0.1) is 22.6 Å². The van der Waals surface area contributed by atoms with Crippen LogP contribution < -0.4 is 0 Å². The first-order valence-electron chi connectivity index (χ1n) is 8.56. The molecule has 0 spiro atoms. The summed E-state index contributed by atoms with van der Waals surface area (Å²) in [6, 6.07) is 17.1. The van der Waals surface area contributed by atoms with Crippen LogP contribution in [0.2, 0.25) is 5.15 Å². The molecule has 0 amide bonds. The number of para-hydroxylation sites is 1. The third kappa shape index (κ3) is 3.46. The molecule has 0 aliphatic heterocycles. The van der Waals surface area contributed by atoms with Gasteiger partial charge < -0.3 is 4.74 Å². The van der Waals surface area contributed by atoms with Gasteiger partial charge in [-0.25, -0.2) is 18.9 Å². The minimum atomic E-state index is -0.592. The zero-order chi connectivity index (χ0) is 19.7. The van der Waals surface area contributed by atoms with Crippen molar-refractivity contribution in [3.05, 3.63) is 88.6 Å². The topological polar surface area (TPSA) is 57.0 Å². The second-order valence-corrected chi connectivity index (χ2v) is 6.57. The number of aryl methyl sites for hydroxylation is 1. The van der Waals surface area contributed by atoms with Crippen molar-refractivity contribution in [1.29, 1.82) is 0 Å². The number of carbonyl (C=O) groups is 1. The van der Waals surface area contributed by atoms with E-state index < -0.39 is 5.97 Å². The van der Waals surface area contributed by atoms with Crippen LogP contribution in [0.5, 0.6) is 0 Å². The Morgan fingerprint density at radius 2 is 1.86 bits per heavy atom. The van der Waals surface area contributed by atoms with Crippen molar-refractivity contribution < 1.29 is 13.9 Å². The molecular weight excluding hydrogens is 381 g/mol. The monoisotopic (exact) mass is 395 g/mol. The van der Waals surface area contributed by atoms with Gasteiger partial charge in [-0.05, 0) is 43.3 Å². The van der Waals surface area contributed by atoms with Gasteiger partial charge in [0.15, 0.2) is 0 Å². The van der Waals surface area contributed by atoms with E-state index in [9.17, 15) is 9.18 Å². The Morgan fingerprint density at radius 1 is 1.11 bits per heavy atom. The number of esters is 1. The molecule has 0 N–H and O–H groups in total. The molecule has 2 aromatic carbocycles. The Hall–Kier alpha value is -3.25. The number of carbonyl (C=O) groups excluding carboxylic acids is 1. The van der Waals surface area contributed by atoms with Gasteiger partial charge in [0.2, 0.25) is 0 Å². The SMILES string of the molecule is Cc1nn(-c2ccc(F)cc2)c(Cl)c1C(=O)OCc1ccc2ccccc2n1. The first-order chi connectivity index (χ1) is 13.5. The summed E-state index contributed by atoms with van der Waals surface area (Å²) in [7, 11) is 0. The fourth-order valence-corrected chi connectivity index (χ4v) is 3.23. The average Bonchev–Trinajstić information content (AvgIpc) is 3.00. The van der Waals surface area contributed by atoms with Gasteiger partial charge in [-0.2, -0.15) is 5.10 Å². The molecule has 4 rings (SSSR count). The van der Waals surface area contributed by atoms with Gasteiger partial charge in [0.1, 0.15) is 23.1 Å². The Labute approximate surface area is 165 Å². The van der Waals surface area contributed by atoms with Crippen LogP contribution in [-0.4, -0.2) is 20.7 Å². The molecule has 7 heteroatoms. The van der Waals surface area contributed by atoms with Gasteiger partial charge in [0.25, 0.3) is 0 Å². The van der Waals surface area contributed by atoms with Crippen molar-refractivity contribution in [2.24, 2.45) is 0 Å². The molecule has 0 aliphatic carbocycles. The van der Waals surface area contributed by atoms with E-state index in [1.807, 2.05) is 36.4 Å². The maximum absolute atomic E-state index is 13.1. The van der Waals surface area contributed by atoms with Crippen molar-refractivity contribution in [2.75, 3.05) is 0 Å². The fourth-order valence-electron chi connectivity index (χ4n) is 2.88. The number of hydrogen-bond acceptors (Lipinski definition) is 4. The summed E-state index contributed by atoms with van der Waals surface area (Å²) in [5.74, 6) is -0.961.